The molecule has 1 fully saturated rings. The predicted molar refractivity (Wildman–Crippen MR) is 114 cm³/mol. The van der Waals surface area contributed by atoms with Gasteiger partial charge in [-0.25, -0.2) is 9.97 Å². The molecule has 1 aliphatic carbocycles. The van der Waals surface area contributed by atoms with Gasteiger partial charge >= 0.3 is 6.18 Å². The third kappa shape index (κ3) is 4.86. The minimum Gasteiger partial charge on any atom is -0.491 e. The molecule has 0 bridgehead atoms. The molecular formula is C22H22F3N3O3S. The molecule has 1 aliphatic rings. The number of aryl methyl sites for hydroxylation is 2. The average Bonchev–Trinajstić information content (AvgIpc) is 3.53. The van der Waals surface area contributed by atoms with E-state index in [1.807, 2.05) is 13.8 Å². The van der Waals surface area contributed by atoms with Gasteiger partial charge in [-0.15, -0.1) is 11.3 Å². The summed E-state index contributed by atoms with van der Waals surface area (Å²) >= 11 is 1.29. The van der Waals surface area contributed by atoms with Crippen LogP contribution in [0.3, 0.4) is 0 Å². The summed E-state index contributed by atoms with van der Waals surface area (Å²) in [6.45, 7) is 3.38. The first-order valence-corrected chi connectivity index (χ1v) is 11.0. The highest BCUT2D eigenvalue weighted by Crippen LogP contribution is 2.40. The highest BCUT2D eigenvalue weighted by Gasteiger charge is 2.31. The Balaban J connectivity index is 1.37. The summed E-state index contributed by atoms with van der Waals surface area (Å²) in [6.07, 6.45) is -3.39. The largest absolute Gasteiger partial charge is 0.491 e. The number of aromatic nitrogens is 2. The van der Waals surface area contributed by atoms with Crippen molar-refractivity contribution in [2.75, 3.05) is 13.2 Å². The van der Waals surface area contributed by atoms with Gasteiger partial charge in [0.25, 0.3) is 5.91 Å². The number of nitrogens with one attached hydrogen (secondary N) is 1. The molecule has 0 saturated heterocycles. The zero-order valence-corrected chi connectivity index (χ0v) is 18.3. The van der Waals surface area contributed by atoms with Crippen LogP contribution in [-0.2, 0) is 6.18 Å². The molecule has 170 valence electrons. The molecule has 1 amide bonds. The molecule has 4 rings (SSSR count). The lowest BCUT2D eigenvalue weighted by molar-refractivity contribution is -0.137. The van der Waals surface area contributed by atoms with E-state index in [-0.39, 0.29) is 24.8 Å². The highest BCUT2D eigenvalue weighted by molar-refractivity contribution is 7.20. The number of aliphatic hydroxyl groups excluding tert-OH is 1. The second-order valence-corrected chi connectivity index (χ2v) is 8.88. The van der Waals surface area contributed by atoms with Crippen LogP contribution in [0.4, 0.5) is 13.2 Å². The fourth-order valence-corrected chi connectivity index (χ4v) is 4.56. The van der Waals surface area contributed by atoms with Gasteiger partial charge in [-0.05, 0) is 50.5 Å². The van der Waals surface area contributed by atoms with Crippen molar-refractivity contribution >= 4 is 27.5 Å². The lowest BCUT2D eigenvalue weighted by atomic mass is 10.1. The number of amides is 1. The van der Waals surface area contributed by atoms with Gasteiger partial charge in [0, 0.05) is 17.8 Å². The van der Waals surface area contributed by atoms with Crippen LogP contribution in [0.15, 0.2) is 24.3 Å². The van der Waals surface area contributed by atoms with Crippen LogP contribution in [0, 0.1) is 13.8 Å². The molecule has 1 saturated carbocycles. The van der Waals surface area contributed by atoms with E-state index >= 15 is 0 Å². The summed E-state index contributed by atoms with van der Waals surface area (Å²) in [5.41, 5.74) is 0.803. The molecule has 0 aliphatic heterocycles. The maximum Gasteiger partial charge on any atom is 0.416 e. The topological polar surface area (TPSA) is 84.3 Å². The quantitative estimate of drug-likeness (QED) is 0.541. The SMILES string of the molecule is Cc1nc(C2CC2)nc2sc(C(=O)NCC(O)COc3cccc(C(F)(F)F)c3)c(C)c12. The Morgan fingerprint density at radius 1 is 1.31 bits per heavy atom. The number of rotatable bonds is 7. The van der Waals surface area contributed by atoms with Crippen LogP contribution in [-0.4, -0.2) is 40.2 Å². The molecule has 0 radical (unpaired) electrons. The van der Waals surface area contributed by atoms with E-state index in [4.69, 9.17) is 4.74 Å². The summed E-state index contributed by atoms with van der Waals surface area (Å²) in [7, 11) is 0. The number of carbonyl (C=O) groups is 1. The Morgan fingerprint density at radius 2 is 2.06 bits per heavy atom. The number of hydrogen-bond donors (Lipinski definition) is 2. The Kier molecular flexibility index (Phi) is 6.09. The number of aliphatic hydroxyl groups is 1. The van der Waals surface area contributed by atoms with Gasteiger partial charge in [-0.1, -0.05) is 6.07 Å². The van der Waals surface area contributed by atoms with E-state index < -0.39 is 17.8 Å². The minimum absolute atomic E-state index is 0.00827. The molecule has 10 heteroatoms. The number of nitrogens with zero attached hydrogens (tertiary/aromatic N) is 2. The number of fused-ring (bicyclic) bond motifs is 1. The van der Waals surface area contributed by atoms with E-state index in [2.05, 4.69) is 15.3 Å². The fraction of sp³-hybridized carbons (Fsp3) is 0.409. The third-order valence-electron chi connectivity index (χ3n) is 5.24. The first kappa shape index (κ1) is 22.5. The number of ether oxygens (including phenoxy) is 1. The molecule has 0 spiro atoms. The second kappa shape index (κ2) is 8.67. The maximum atomic E-state index is 12.8. The van der Waals surface area contributed by atoms with Gasteiger partial charge in [-0.3, -0.25) is 4.79 Å². The van der Waals surface area contributed by atoms with Crippen molar-refractivity contribution in [3.8, 4) is 5.75 Å². The summed E-state index contributed by atoms with van der Waals surface area (Å²) < 4.78 is 43.6. The van der Waals surface area contributed by atoms with Gasteiger partial charge in [0.05, 0.1) is 16.1 Å². The number of carbonyl (C=O) groups excluding carboxylic acids is 1. The monoisotopic (exact) mass is 465 g/mol. The third-order valence-corrected chi connectivity index (χ3v) is 6.42. The Labute approximate surface area is 186 Å². The van der Waals surface area contributed by atoms with E-state index in [0.29, 0.717) is 10.8 Å². The Bertz CT molecular complexity index is 1160. The molecule has 6 nitrogen and oxygen atoms in total. The van der Waals surface area contributed by atoms with Crippen LogP contribution in [0.2, 0.25) is 0 Å². The van der Waals surface area contributed by atoms with Gasteiger partial charge in [0.2, 0.25) is 0 Å². The lowest BCUT2D eigenvalue weighted by Crippen LogP contribution is -2.35. The van der Waals surface area contributed by atoms with E-state index in [1.165, 1.54) is 23.5 Å². The molecule has 2 N–H and O–H groups in total. The fourth-order valence-electron chi connectivity index (χ4n) is 3.40. The minimum atomic E-state index is -4.48. The zero-order chi connectivity index (χ0) is 23.0. The van der Waals surface area contributed by atoms with Gasteiger partial charge in [0.15, 0.2) is 0 Å². The summed E-state index contributed by atoms with van der Waals surface area (Å²) in [4.78, 5) is 23.2. The standard InChI is InChI=1S/C22H22F3N3O3S/c1-11-17-12(2)27-19(13-6-7-13)28-21(17)32-18(11)20(30)26-9-15(29)10-31-16-5-3-4-14(8-16)22(23,24)25/h3-5,8,13,15,29H,6-7,9-10H2,1-2H3,(H,26,30). The van der Waals surface area contributed by atoms with Gasteiger partial charge in [-0.2, -0.15) is 13.2 Å². The van der Waals surface area contributed by atoms with Crippen molar-refractivity contribution < 1.29 is 27.8 Å². The van der Waals surface area contributed by atoms with Crippen LogP contribution in [0.25, 0.3) is 10.2 Å². The summed E-state index contributed by atoms with van der Waals surface area (Å²) in [5, 5.41) is 13.6. The summed E-state index contributed by atoms with van der Waals surface area (Å²) in [6, 6.07) is 4.41. The average molecular weight is 465 g/mol. The van der Waals surface area contributed by atoms with Crippen LogP contribution < -0.4 is 10.1 Å². The number of thiophene rings is 1. The van der Waals surface area contributed by atoms with Gasteiger partial charge < -0.3 is 15.2 Å². The molecule has 1 atom stereocenters. The zero-order valence-electron chi connectivity index (χ0n) is 17.5. The molecule has 3 aromatic rings. The van der Waals surface area contributed by atoms with E-state index in [0.717, 1.165) is 52.3 Å². The lowest BCUT2D eigenvalue weighted by Gasteiger charge is -2.14. The highest BCUT2D eigenvalue weighted by atomic mass is 32.1. The molecule has 1 aromatic carbocycles. The van der Waals surface area contributed by atoms with Crippen LogP contribution in [0.5, 0.6) is 5.75 Å². The van der Waals surface area contributed by atoms with Crippen LogP contribution >= 0.6 is 11.3 Å². The Morgan fingerprint density at radius 3 is 2.75 bits per heavy atom. The van der Waals surface area contributed by atoms with Crippen molar-refractivity contribution in [1.29, 1.82) is 0 Å². The molecule has 1 unspecified atom stereocenters. The molecule has 2 aromatic heterocycles. The molecule has 2 heterocycles. The van der Waals surface area contributed by atoms with Crippen molar-refractivity contribution in [1.82, 2.24) is 15.3 Å². The second-order valence-electron chi connectivity index (χ2n) is 7.88. The smallest absolute Gasteiger partial charge is 0.416 e. The first-order valence-electron chi connectivity index (χ1n) is 10.2. The van der Waals surface area contributed by atoms with Crippen LogP contribution in [0.1, 0.15) is 51.1 Å². The number of halogens is 3. The normalized spacial score (nSPS) is 15.1. The maximum absolute atomic E-state index is 12.8. The van der Waals surface area contributed by atoms with Gasteiger partial charge in [0.1, 0.15) is 29.1 Å². The number of hydrogen-bond acceptors (Lipinski definition) is 6. The predicted octanol–water partition coefficient (Wildman–Crippen LogP) is 4.37. The summed E-state index contributed by atoms with van der Waals surface area (Å²) in [5.74, 6) is 0.872. The Hall–Kier alpha value is -2.72. The molecule has 32 heavy (non-hydrogen) atoms. The molecular weight excluding hydrogens is 443 g/mol. The van der Waals surface area contributed by atoms with Crippen molar-refractivity contribution in [3.63, 3.8) is 0 Å². The van der Waals surface area contributed by atoms with Crippen molar-refractivity contribution in [2.24, 2.45) is 0 Å². The van der Waals surface area contributed by atoms with E-state index in [1.54, 1.807) is 0 Å². The van der Waals surface area contributed by atoms with Crippen molar-refractivity contribution in [2.45, 2.75) is 44.9 Å². The van der Waals surface area contributed by atoms with Crippen molar-refractivity contribution in [3.05, 3.63) is 51.8 Å². The van der Waals surface area contributed by atoms with E-state index in [9.17, 15) is 23.1 Å². The number of benzene rings is 1. The number of alkyl halides is 3. The first-order chi connectivity index (χ1) is 15.1.